The molecule has 5 heteroatoms. The maximum Gasteiger partial charge on any atom is 0.227 e. The van der Waals surface area contributed by atoms with E-state index in [4.69, 9.17) is 0 Å². The first-order chi connectivity index (χ1) is 12.6. The highest BCUT2D eigenvalue weighted by molar-refractivity contribution is 5.81. The lowest BCUT2D eigenvalue weighted by atomic mass is 9.91. The quantitative estimate of drug-likeness (QED) is 0.826. The Kier molecular flexibility index (Phi) is 6.28. The summed E-state index contributed by atoms with van der Waals surface area (Å²) in [4.78, 5) is 29.2. The first-order valence-electron chi connectivity index (χ1n) is 9.91. The molecule has 0 bridgehead atoms. The van der Waals surface area contributed by atoms with Gasteiger partial charge in [0.2, 0.25) is 11.8 Å². The Bertz CT molecular complexity index is 641. The van der Waals surface area contributed by atoms with Crippen molar-refractivity contribution in [2.45, 2.75) is 57.9 Å². The van der Waals surface area contributed by atoms with Crippen LogP contribution in [0.3, 0.4) is 0 Å². The summed E-state index contributed by atoms with van der Waals surface area (Å²) in [6.07, 6.45) is 5.97. The van der Waals surface area contributed by atoms with Crippen LogP contribution in [0.15, 0.2) is 24.3 Å². The van der Waals surface area contributed by atoms with Gasteiger partial charge in [0.1, 0.15) is 5.82 Å². The van der Waals surface area contributed by atoms with E-state index in [1.54, 1.807) is 23.1 Å². The average molecular weight is 360 g/mol. The molecule has 2 aliphatic rings. The number of nitrogens with zero attached hydrogens (tertiary/aromatic N) is 2. The van der Waals surface area contributed by atoms with Crippen LogP contribution in [0.1, 0.15) is 51.0 Å². The first kappa shape index (κ1) is 18.9. The standard InChI is InChI=1S/C21H29FN2O2/c1-2-18-8-5-6-12-24(18)21(26)16-10-13-23(14-11-16)20(25)15-17-7-3-4-9-19(17)22/h3-4,7,9,16,18H,2,5-6,8,10-15H2,1H3. The summed E-state index contributed by atoms with van der Waals surface area (Å²) in [5, 5.41) is 0. The van der Waals surface area contributed by atoms with E-state index in [2.05, 4.69) is 11.8 Å². The molecule has 0 saturated carbocycles. The predicted octanol–water partition coefficient (Wildman–Crippen LogP) is 3.40. The number of likely N-dealkylation sites (tertiary alicyclic amines) is 2. The number of amides is 2. The van der Waals surface area contributed by atoms with E-state index >= 15 is 0 Å². The Balaban J connectivity index is 1.53. The van der Waals surface area contributed by atoms with E-state index in [1.807, 2.05) is 0 Å². The van der Waals surface area contributed by atoms with E-state index in [1.165, 1.54) is 12.5 Å². The molecular formula is C21H29FN2O2. The van der Waals surface area contributed by atoms with E-state index in [-0.39, 0.29) is 30.0 Å². The van der Waals surface area contributed by atoms with Crippen LogP contribution in [0.4, 0.5) is 4.39 Å². The van der Waals surface area contributed by atoms with Gasteiger partial charge in [-0.25, -0.2) is 4.39 Å². The van der Waals surface area contributed by atoms with E-state index in [9.17, 15) is 14.0 Å². The molecule has 3 rings (SSSR count). The summed E-state index contributed by atoms with van der Waals surface area (Å²) in [5.74, 6) is -0.0792. The van der Waals surface area contributed by atoms with Gasteiger partial charge in [0, 0.05) is 31.6 Å². The van der Waals surface area contributed by atoms with Gasteiger partial charge in [0.05, 0.1) is 6.42 Å². The van der Waals surface area contributed by atoms with E-state index < -0.39 is 0 Å². The van der Waals surface area contributed by atoms with Gasteiger partial charge in [-0.3, -0.25) is 9.59 Å². The Morgan fingerprint density at radius 1 is 1.08 bits per heavy atom. The van der Waals surface area contributed by atoms with Gasteiger partial charge < -0.3 is 9.80 Å². The molecule has 4 nitrogen and oxygen atoms in total. The third kappa shape index (κ3) is 4.25. The van der Waals surface area contributed by atoms with Crippen molar-refractivity contribution in [3.05, 3.63) is 35.6 Å². The highest BCUT2D eigenvalue weighted by atomic mass is 19.1. The van der Waals surface area contributed by atoms with Crippen LogP contribution in [0, 0.1) is 11.7 Å². The summed E-state index contributed by atoms with van der Waals surface area (Å²) in [7, 11) is 0. The molecule has 1 unspecified atom stereocenters. The molecule has 1 atom stereocenters. The van der Waals surface area contributed by atoms with Crippen LogP contribution in [0.5, 0.6) is 0 Å². The zero-order valence-electron chi connectivity index (χ0n) is 15.6. The van der Waals surface area contributed by atoms with E-state index in [0.29, 0.717) is 24.7 Å². The van der Waals surface area contributed by atoms with Crippen molar-refractivity contribution in [2.75, 3.05) is 19.6 Å². The highest BCUT2D eigenvalue weighted by Crippen LogP contribution is 2.26. The molecule has 0 spiro atoms. The first-order valence-corrected chi connectivity index (χ1v) is 9.91. The number of benzene rings is 1. The fourth-order valence-corrected chi connectivity index (χ4v) is 4.24. The normalized spacial score (nSPS) is 21.7. The van der Waals surface area contributed by atoms with Crippen molar-refractivity contribution in [1.29, 1.82) is 0 Å². The van der Waals surface area contributed by atoms with Crippen molar-refractivity contribution < 1.29 is 14.0 Å². The molecule has 2 fully saturated rings. The monoisotopic (exact) mass is 360 g/mol. The van der Waals surface area contributed by atoms with Gasteiger partial charge in [-0.1, -0.05) is 25.1 Å². The highest BCUT2D eigenvalue weighted by Gasteiger charge is 2.33. The Morgan fingerprint density at radius 3 is 2.50 bits per heavy atom. The van der Waals surface area contributed by atoms with Crippen molar-refractivity contribution in [3.8, 4) is 0 Å². The molecule has 0 radical (unpaired) electrons. The molecule has 26 heavy (non-hydrogen) atoms. The Labute approximate surface area is 155 Å². The Morgan fingerprint density at radius 2 is 1.81 bits per heavy atom. The minimum atomic E-state index is -0.332. The summed E-state index contributed by atoms with van der Waals surface area (Å²) >= 11 is 0. The Hall–Kier alpha value is -1.91. The number of carbonyl (C=O) groups is 2. The second-order valence-corrected chi connectivity index (χ2v) is 7.51. The van der Waals surface area contributed by atoms with Crippen LogP contribution in [-0.4, -0.2) is 47.3 Å². The number of hydrogen-bond acceptors (Lipinski definition) is 2. The third-order valence-corrected chi connectivity index (χ3v) is 5.88. The van der Waals surface area contributed by atoms with E-state index in [0.717, 1.165) is 38.6 Å². The summed E-state index contributed by atoms with van der Waals surface area (Å²) in [6, 6.07) is 6.81. The number of piperidine rings is 2. The second kappa shape index (κ2) is 8.65. The fraction of sp³-hybridized carbons (Fsp3) is 0.619. The molecule has 2 heterocycles. The molecule has 0 aliphatic carbocycles. The van der Waals surface area contributed by atoms with Gasteiger partial charge >= 0.3 is 0 Å². The van der Waals surface area contributed by atoms with Crippen molar-refractivity contribution in [1.82, 2.24) is 9.80 Å². The summed E-state index contributed by atoms with van der Waals surface area (Å²) in [6.45, 7) is 4.21. The number of hydrogen-bond donors (Lipinski definition) is 0. The predicted molar refractivity (Wildman–Crippen MR) is 99.1 cm³/mol. The zero-order chi connectivity index (χ0) is 18.5. The van der Waals surface area contributed by atoms with Gasteiger partial charge in [0.15, 0.2) is 0 Å². The van der Waals surface area contributed by atoms with Gasteiger partial charge in [-0.2, -0.15) is 0 Å². The lowest BCUT2D eigenvalue weighted by molar-refractivity contribution is -0.143. The van der Waals surface area contributed by atoms with Gasteiger partial charge in [-0.15, -0.1) is 0 Å². The molecule has 0 N–H and O–H groups in total. The van der Waals surface area contributed by atoms with Crippen LogP contribution >= 0.6 is 0 Å². The molecule has 2 aliphatic heterocycles. The third-order valence-electron chi connectivity index (χ3n) is 5.88. The van der Waals surface area contributed by atoms with Crippen molar-refractivity contribution in [3.63, 3.8) is 0 Å². The van der Waals surface area contributed by atoms with Crippen LogP contribution < -0.4 is 0 Å². The number of carbonyl (C=O) groups excluding carboxylic acids is 2. The molecular weight excluding hydrogens is 331 g/mol. The topological polar surface area (TPSA) is 40.6 Å². The molecule has 142 valence electrons. The van der Waals surface area contributed by atoms with Gasteiger partial charge in [0.25, 0.3) is 0 Å². The SMILES string of the molecule is CCC1CCCCN1C(=O)C1CCN(C(=O)Cc2ccccc2F)CC1. The largest absolute Gasteiger partial charge is 0.342 e. The minimum Gasteiger partial charge on any atom is -0.342 e. The van der Waals surface area contributed by atoms with Crippen molar-refractivity contribution >= 4 is 11.8 Å². The fourth-order valence-electron chi connectivity index (χ4n) is 4.24. The number of halogens is 1. The molecule has 1 aromatic rings. The average Bonchev–Trinajstić information content (AvgIpc) is 2.69. The number of rotatable bonds is 4. The van der Waals surface area contributed by atoms with Crippen LogP contribution in [0.25, 0.3) is 0 Å². The lowest BCUT2D eigenvalue weighted by Crippen LogP contribution is -2.49. The molecule has 1 aromatic carbocycles. The molecule has 0 aromatic heterocycles. The molecule has 2 saturated heterocycles. The molecule has 2 amide bonds. The second-order valence-electron chi connectivity index (χ2n) is 7.51. The minimum absolute atomic E-state index is 0.0275. The summed E-state index contributed by atoms with van der Waals surface area (Å²) < 4.78 is 13.7. The van der Waals surface area contributed by atoms with Crippen LogP contribution in [-0.2, 0) is 16.0 Å². The van der Waals surface area contributed by atoms with Crippen LogP contribution in [0.2, 0.25) is 0 Å². The maximum absolute atomic E-state index is 13.7. The summed E-state index contributed by atoms with van der Waals surface area (Å²) in [5.41, 5.74) is 0.440. The smallest absolute Gasteiger partial charge is 0.227 e. The zero-order valence-corrected chi connectivity index (χ0v) is 15.6. The van der Waals surface area contributed by atoms with Crippen molar-refractivity contribution in [2.24, 2.45) is 5.92 Å². The van der Waals surface area contributed by atoms with Gasteiger partial charge in [-0.05, 0) is 50.2 Å². The maximum atomic E-state index is 13.7. The lowest BCUT2D eigenvalue weighted by Gasteiger charge is -2.39.